The molecule has 1 heterocycles. The van der Waals surface area contributed by atoms with Crippen LogP contribution in [0.2, 0.25) is 0 Å². The van der Waals surface area contributed by atoms with E-state index in [4.69, 9.17) is 0 Å². The molecule has 0 saturated carbocycles. The van der Waals surface area contributed by atoms with Crippen LogP contribution in [0.3, 0.4) is 0 Å². The fourth-order valence-corrected chi connectivity index (χ4v) is 3.49. The summed E-state index contributed by atoms with van der Waals surface area (Å²) in [6, 6.07) is 13.8. The number of aromatic nitrogens is 1. The Balaban J connectivity index is 1.77. The van der Waals surface area contributed by atoms with Crippen LogP contribution < -0.4 is 5.32 Å². The molecule has 0 fully saturated rings. The van der Waals surface area contributed by atoms with Gasteiger partial charge in [-0.3, -0.25) is 0 Å². The Kier molecular flexibility index (Phi) is 6.17. The third kappa shape index (κ3) is 4.81. The molecule has 0 aliphatic heterocycles. The van der Waals surface area contributed by atoms with E-state index in [1.807, 2.05) is 17.5 Å². The summed E-state index contributed by atoms with van der Waals surface area (Å²) in [5.74, 6) is -1.27. The number of rotatable bonds is 6. The number of hydrogen-bond donors (Lipinski definition) is 1. The van der Waals surface area contributed by atoms with Gasteiger partial charge in [-0.05, 0) is 30.0 Å². The van der Waals surface area contributed by atoms with Crippen LogP contribution in [0.1, 0.15) is 24.4 Å². The minimum absolute atomic E-state index is 0.317. The van der Waals surface area contributed by atoms with E-state index in [-0.39, 0.29) is 0 Å². The largest absolute Gasteiger partial charge is 0.360 e. The van der Waals surface area contributed by atoms with Crippen molar-refractivity contribution < 1.29 is 8.78 Å². The Morgan fingerprint density at radius 1 is 1.18 bits per heavy atom. The predicted molar refractivity (Wildman–Crippen MR) is 110 cm³/mol. The summed E-state index contributed by atoms with van der Waals surface area (Å²) in [6.07, 6.45) is 2.47. The molecule has 6 heteroatoms. The van der Waals surface area contributed by atoms with E-state index in [1.54, 1.807) is 0 Å². The van der Waals surface area contributed by atoms with Crippen molar-refractivity contribution in [2.75, 3.05) is 5.32 Å². The van der Waals surface area contributed by atoms with Gasteiger partial charge >= 0.3 is 0 Å². The van der Waals surface area contributed by atoms with Crippen LogP contribution in [-0.4, -0.2) is 4.98 Å². The average molecular weight is 395 g/mol. The first-order valence-corrected chi connectivity index (χ1v) is 9.71. The van der Waals surface area contributed by atoms with E-state index < -0.39 is 11.6 Å². The second-order valence-electron chi connectivity index (χ2n) is 6.78. The van der Waals surface area contributed by atoms with Gasteiger partial charge in [0, 0.05) is 28.9 Å². The third-order valence-electron chi connectivity index (χ3n) is 4.05. The minimum Gasteiger partial charge on any atom is -0.360 e. The van der Waals surface area contributed by atoms with E-state index in [9.17, 15) is 14.0 Å². The number of halogens is 2. The molecule has 3 nitrogen and oxygen atoms in total. The number of thiazole rings is 1. The van der Waals surface area contributed by atoms with Crippen molar-refractivity contribution in [3.05, 3.63) is 76.3 Å². The molecule has 3 aromatic rings. The molecule has 0 saturated heterocycles. The number of nitrogens with one attached hydrogen (secondary N) is 1. The zero-order chi connectivity index (χ0) is 20.1. The summed E-state index contributed by atoms with van der Waals surface area (Å²) in [4.78, 5) is 4.54. The summed E-state index contributed by atoms with van der Waals surface area (Å²) in [6.45, 7) is 4.37. The Labute approximate surface area is 167 Å². The van der Waals surface area contributed by atoms with Crippen LogP contribution in [0.25, 0.3) is 16.8 Å². The summed E-state index contributed by atoms with van der Waals surface area (Å²) in [5, 5.41) is 14.7. The van der Waals surface area contributed by atoms with Gasteiger partial charge in [-0.25, -0.2) is 13.8 Å². The van der Waals surface area contributed by atoms with Crippen LogP contribution in [0.15, 0.2) is 54.0 Å². The Morgan fingerprint density at radius 2 is 1.93 bits per heavy atom. The molecule has 0 radical (unpaired) electrons. The number of nitriles is 1. The SMILES string of the molecule is CC(C)Cc1ccc(-c2csc(/C(C#N)=C\Nc3ccc(F)c(F)c3)n2)cc1. The van der Waals surface area contributed by atoms with E-state index >= 15 is 0 Å². The molecule has 0 spiro atoms. The van der Waals surface area contributed by atoms with Crippen molar-refractivity contribution in [2.45, 2.75) is 20.3 Å². The molecule has 2 aromatic carbocycles. The summed E-state index contributed by atoms with van der Waals surface area (Å²) >= 11 is 1.36. The Hall–Kier alpha value is -3.04. The Bertz CT molecular complexity index is 1030. The average Bonchev–Trinajstić information content (AvgIpc) is 3.15. The topological polar surface area (TPSA) is 48.7 Å². The quantitative estimate of drug-likeness (QED) is 0.501. The maximum atomic E-state index is 13.3. The fraction of sp³-hybridized carbons (Fsp3) is 0.182. The van der Waals surface area contributed by atoms with Gasteiger partial charge in [0.25, 0.3) is 0 Å². The summed E-state index contributed by atoms with van der Waals surface area (Å²) < 4.78 is 26.3. The van der Waals surface area contributed by atoms with Crippen molar-refractivity contribution in [1.82, 2.24) is 4.98 Å². The van der Waals surface area contributed by atoms with Gasteiger partial charge in [-0.15, -0.1) is 11.3 Å². The summed E-state index contributed by atoms with van der Waals surface area (Å²) in [5.41, 5.74) is 3.73. The zero-order valence-electron chi connectivity index (χ0n) is 15.5. The highest BCUT2D eigenvalue weighted by Crippen LogP contribution is 2.27. The smallest absolute Gasteiger partial charge is 0.160 e. The number of benzene rings is 2. The van der Waals surface area contributed by atoms with Crippen molar-refractivity contribution in [2.24, 2.45) is 5.92 Å². The molecule has 0 aliphatic carbocycles. The van der Waals surface area contributed by atoms with Crippen LogP contribution >= 0.6 is 11.3 Å². The molecular weight excluding hydrogens is 376 g/mol. The second-order valence-corrected chi connectivity index (χ2v) is 7.63. The van der Waals surface area contributed by atoms with Gasteiger partial charge in [-0.2, -0.15) is 5.26 Å². The molecule has 0 bridgehead atoms. The van der Waals surface area contributed by atoms with Crippen molar-refractivity contribution >= 4 is 22.6 Å². The van der Waals surface area contributed by atoms with Gasteiger partial charge in [0.2, 0.25) is 0 Å². The van der Waals surface area contributed by atoms with Gasteiger partial charge < -0.3 is 5.32 Å². The maximum absolute atomic E-state index is 13.3. The van der Waals surface area contributed by atoms with Crippen molar-refractivity contribution in [3.8, 4) is 17.3 Å². The molecule has 142 valence electrons. The molecule has 28 heavy (non-hydrogen) atoms. The van der Waals surface area contributed by atoms with Gasteiger partial charge in [-0.1, -0.05) is 38.1 Å². The molecule has 0 unspecified atom stereocenters. The highest BCUT2D eigenvalue weighted by molar-refractivity contribution is 7.11. The number of anilines is 1. The first kappa shape index (κ1) is 19.7. The normalized spacial score (nSPS) is 11.5. The minimum atomic E-state index is -0.950. The third-order valence-corrected chi connectivity index (χ3v) is 4.93. The lowest BCUT2D eigenvalue weighted by atomic mass is 10.0. The molecule has 0 amide bonds. The lowest BCUT2D eigenvalue weighted by Crippen LogP contribution is -1.94. The van der Waals surface area contributed by atoms with Gasteiger partial charge in [0.1, 0.15) is 16.6 Å². The molecule has 0 aliphatic rings. The van der Waals surface area contributed by atoms with E-state index in [1.165, 1.54) is 29.2 Å². The van der Waals surface area contributed by atoms with Crippen LogP contribution in [0.4, 0.5) is 14.5 Å². The van der Waals surface area contributed by atoms with E-state index in [0.717, 1.165) is 29.8 Å². The van der Waals surface area contributed by atoms with E-state index in [2.05, 4.69) is 42.4 Å². The van der Waals surface area contributed by atoms with E-state index in [0.29, 0.717) is 22.2 Å². The first-order valence-electron chi connectivity index (χ1n) is 8.83. The predicted octanol–water partition coefficient (Wildman–Crippen LogP) is 6.26. The monoisotopic (exact) mass is 395 g/mol. The number of hydrogen-bond acceptors (Lipinski definition) is 4. The van der Waals surface area contributed by atoms with Crippen LogP contribution in [-0.2, 0) is 6.42 Å². The van der Waals surface area contributed by atoms with Crippen LogP contribution in [0.5, 0.6) is 0 Å². The molecule has 1 N–H and O–H groups in total. The lowest BCUT2D eigenvalue weighted by molar-refractivity contribution is 0.509. The van der Waals surface area contributed by atoms with Crippen LogP contribution in [0, 0.1) is 28.9 Å². The summed E-state index contributed by atoms with van der Waals surface area (Å²) in [7, 11) is 0. The Morgan fingerprint density at radius 3 is 2.57 bits per heavy atom. The maximum Gasteiger partial charge on any atom is 0.160 e. The molecule has 3 rings (SSSR count). The van der Waals surface area contributed by atoms with Crippen molar-refractivity contribution in [3.63, 3.8) is 0 Å². The molecular formula is C22H19F2N3S. The fourth-order valence-electron chi connectivity index (χ4n) is 2.70. The molecule has 1 aromatic heterocycles. The highest BCUT2D eigenvalue weighted by atomic mass is 32.1. The van der Waals surface area contributed by atoms with Crippen molar-refractivity contribution in [1.29, 1.82) is 5.26 Å². The number of nitrogens with zero attached hydrogens (tertiary/aromatic N) is 2. The number of allylic oxidation sites excluding steroid dienone is 1. The highest BCUT2D eigenvalue weighted by Gasteiger charge is 2.10. The zero-order valence-corrected chi connectivity index (χ0v) is 16.4. The first-order chi connectivity index (χ1) is 13.5. The second kappa shape index (κ2) is 8.77. The van der Waals surface area contributed by atoms with Gasteiger partial charge in [0.15, 0.2) is 11.6 Å². The standard InChI is InChI=1S/C22H19F2N3S/c1-14(2)9-15-3-5-16(6-4-15)21-13-28-22(27-21)17(11-25)12-26-18-7-8-19(23)20(24)10-18/h3-8,10,12-14,26H,9H2,1-2H3/b17-12-. The molecule has 0 atom stereocenters. The van der Waals surface area contributed by atoms with Gasteiger partial charge in [0.05, 0.1) is 5.69 Å². The lowest BCUT2D eigenvalue weighted by Gasteiger charge is -2.05.